The van der Waals surface area contributed by atoms with Crippen LogP contribution in [-0.2, 0) is 6.42 Å². The first-order valence-corrected chi connectivity index (χ1v) is 10.6. The molecule has 0 aliphatic rings. The molecule has 0 unspecified atom stereocenters. The van der Waals surface area contributed by atoms with Crippen LogP contribution in [0, 0.1) is 0 Å². The third kappa shape index (κ3) is 4.41. The molecular weight excluding hydrogens is 362 g/mol. The molecule has 0 saturated carbocycles. The Hall–Kier alpha value is -3.45. The summed E-state index contributed by atoms with van der Waals surface area (Å²) in [6, 6.07) is 27.8. The highest BCUT2D eigenvalue weighted by atomic mass is 14.7. The maximum atomic E-state index is 4.99. The zero-order valence-corrected chi connectivity index (χ0v) is 17.7. The molecule has 30 heavy (non-hydrogen) atoms. The lowest BCUT2D eigenvalue weighted by Gasteiger charge is -2.11. The summed E-state index contributed by atoms with van der Waals surface area (Å²) in [5.41, 5.74) is 5.94. The van der Waals surface area contributed by atoms with Gasteiger partial charge in [-0.3, -0.25) is 0 Å². The zero-order valence-electron chi connectivity index (χ0n) is 17.7. The number of para-hydroxylation sites is 1. The SMILES string of the molecule is C\C=C/C(=C/C=C(\Cc1cccc2ccccc12)c1ccc2ccccc2n1)CC. The minimum Gasteiger partial charge on any atom is -0.248 e. The summed E-state index contributed by atoms with van der Waals surface area (Å²) in [5.74, 6) is 0. The molecule has 0 aliphatic carbocycles. The first kappa shape index (κ1) is 19.8. The van der Waals surface area contributed by atoms with Gasteiger partial charge in [0.1, 0.15) is 0 Å². The van der Waals surface area contributed by atoms with Crippen LogP contribution < -0.4 is 0 Å². The molecule has 148 valence electrons. The molecule has 0 fully saturated rings. The van der Waals surface area contributed by atoms with Crippen LogP contribution in [0.4, 0.5) is 0 Å². The molecule has 0 spiro atoms. The second-order valence-electron chi connectivity index (χ2n) is 7.49. The molecule has 4 aromatic rings. The van der Waals surface area contributed by atoms with E-state index >= 15 is 0 Å². The summed E-state index contributed by atoms with van der Waals surface area (Å²) in [7, 11) is 0. The van der Waals surface area contributed by atoms with Gasteiger partial charge in [-0.15, -0.1) is 0 Å². The van der Waals surface area contributed by atoms with Crippen molar-refractivity contribution in [2.24, 2.45) is 0 Å². The van der Waals surface area contributed by atoms with Crippen molar-refractivity contribution in [2.75, 3.05) is 0 Å². The molecule has 1 heteroatoms. The van der Waals surface area contributed by atoms with Crippen molar-refractivity contribution < 1.29 is 0 Å². The number of rotatable bonds is 6. The topological polar surface area (TPSA) is 12.9 Å². The van der Waals surface area contributed by atoms with Gasteiger partial charge in [0, 0.05) is 11.8 Å². The summed E-state index contributed by atoms with van der Waals surface area (Å²) in [6.07, 6.45) is 10.6. The van der Waals surface area contributed by atoms with Crippen molar-refractivity contribution in [1.82, 2.24) is 4.98 Å². The van der Waals surface area contributed by atoms with E-state index in [1.807, 2.05) is 6.07 Å². The Balaban J connectivity index is 1.82. The van der Waals surface area contributed by atoms with Gasteiger partial charge in [-0.2, -0.15) is 0 Å². The number of hydrogen-bond donors (Lipinski definition) is 0. The molecule has 1 heterocycles. The van der Waals surface area contributed by atoms with E-state index in [4.69, 9.17) is 4.98 Å². The molecular formula is C29H27N. The van der Waals surface area contributed by atoms with Crippen LogP contribution in [0.3, 0.4) is 0 Å². The van der Waals surface area contributed by atoms with E-state index in [-0.39, 0.29) is 0 Å². The smallest absolute Gasteiger partial charge is 0.0709 e. The Kier molecular flexibility index (Phi) is 6.20. The van der Waals surface area contributed by atoms with E-state index in [0.29, 0.717) is 0 Å². The number of allylic oxidation sites excluding steroid dienone is 6. The zero-order chi connectivity index (χ0) is 20.8. The van der Waals surface area contributed by atoms with Crippen molar-refractivity contribution in [1.29, 1.82) is 0 Å². The lowest BCUT2D eigenvalue weighted by Crippen LogP contribution is -1.96. The van der Waals surface area contributed by atoms with Crippen molar-refractivity contribution >= 4 is 27.2 Å². The highest BCUT2D eigenvalue weighted by Crippen LogP contribution is 2.26. The Morgan fingerprint density at radius 2 is 1.57 bits per heavy atom. The highest BCUT2D eigenvalue weighted by molar-refractivity contribution is 5.88. The molecule has 1 nitrogen and oxygen atoms in total. The quantitative estimate of drug-likeness (QED) is 0.305. The molecule has 0 radical (unpaired) electrons. The maximum Gasteiger partial charge on any atom is 0.0709 e. The fraction of sp³-hybridized carbons (Fsp3) is 0.138. The third-order valence-electron chi connectivity index (χ3n) is 5.48. The Morgan fingerprint density at radius 1 is 0.800 bits per heavy atom. The number of aromatic nitrogens is 1. The van der Waals surface area contributed by atoms with Crippen molar-refractivity contribution in [3.05, 3.63) is 120 Å². The van der Waals surface area contributed by atoms with E-state index in [1.165, 1.54) is 32.9 Å². The van der Waals surface area contributed by atoms with E-state index in [9.17, 15) is 0 Å². The minimum atomic E-state index is 0.843. The number of nitrogens with zero attached hydrogens (tertiary/aromatic N) is 1. The van der Waals surface area contributed by atoms with E-state index in [2.05, 4.69) is 111 Å². The second-order valence-corrected chi connectivity index (χ2v) is 7.49. The second kappa shape index (κ2) is 9.37. The van der Waals surface area contributed by atoms with Gasteiger partial charge in [-0.05, 0) is 53.0 Å². The van der Waals surface area contributed by atoms with Gasteiger partial charge in [-0.25, -0.2) is 4.98 Å². The lowest BCUT2D eigenvalue weighted by atomic mass is 9.95. The standard InChI is InChI=1S/C29H27N/c1-3-10-22(4-2)17-18-26(29-20-19-24-12-6-8-16-28(24)30-29)21-25-14-9-13-23-11-5-7-15-27(23)25/h3,5-20H,4,21H2,1-2H3/b10-3-,22-17+,26-18+. The van der Waals surface area contributed by atoms with Crippen LogP contribution in [0.2, 0.25) is 0 Å². The predicted molar refractivity (Wildman–Crippen MR) is 131 cm³/mol. The molecule has 1 aromatic heterocycles. The molecule has 0 N–H and O–H groups in total. The molecule has 0 atom stereocenters. The van der Waals surface area contributed by atoms with E-state index < -0.39 is 0 Å². The average Bonchev–Trinajstić information content (AvgIpc) is 2.80. The van der Waals surface area contributed by atoms with Crippen LogP contribution >= 0.6 is 0 Å². The summed E-state index contributed by atoms with van der Waals surface area (Å²) >= 11 is 0. The first-order valence-electron chi connectivity index (χ1n) is 10.6. The average molecular weight is 390 g/mol. The largest absolute Gasteiger partial charge is 0.248 e. The fourth-order valence-electron chi connectivity index (χ4n) is 3.84. The maximum absolute atomic E-state index is 4.99. The number of benzene rings is 3. The Bertz CT molecular complexity index is 1250. The van der Waals surface area contributed by atoms with Gasteiger partial charge in [0.25, 0.3) is 0 Å². The molecule has 4 rings (SSSR count). The Morgan fingerprint density at radius 3 is 2.40 bits per heavy atom. The molecule has 0 saturated heterocycles. The molecule has 0 aliphatic heterocycles. The summed E-state index contributed by atoms with van der Waals surface area (Å²) in [4.78, 5) is 4.99. The van der Waals surface area contributed by atoms with Crippen molar-refractivity contribution in [2.45, 2.75) is 26.7 Å². The van der Waals surface area contributed by atoms with Crippen LogP contribution in [0.5, 0.6) is 0 Å². The molecule has 0 bridgehead atoms. The summed E-state index contributed by atoms with van der Waals surface area (Å²) in [6.45, 7) is 4.26. The van der Waals surface area contributed by atoms with E-state index in [0.717, 1.165) is 24.1 Å². The fourth-order valence-corrected chi connectivity index (χ4v) is 3.84. The highest BCUT2D eigenvalue weighted by Gasteiger charge is 2.08. The first-order chi connectivity index (χ1) is 14.8. The number of pyridine rings is 1. The van der Waals surface area contributed by atoms with Crippen molar-refractivity contribution in [3.8, 4) is 0 Å². The van der Waals surface area contributed by atoms with Crippen molar-refractivity contribution in [3.63, 3.8) is 0 Å². The molecule has 0 amide bonds. The lowest BCUT2D eigenvalue weighted by molar-refractivity contribution is 1.15. The predicted octanol–water partition coefficient (Wildman–Crippen LogP) is 7.93. The number of hydrogen-bond acceptors (Lipinski definition) is 1. The monoisotopic (exact) mass is 389 g/mol. The van der Waals surface area contributed by atoms with Gasteiger partial charge in [-0.1, -0.05) is 98.0 Å². The van der Waals surface area contributed by atoms with Gasteiger partial charge >= 0.3 is 0 Å². The van der Waals surface area contributed by atoms with Crippen LogP contribution in [-0.4, -0.2) is 4.98 Å². The van der Waals surface area contributed by atoms with Crippen LogP contribution in [0.1, 0.15) is 31.5 Å². The molecule has 3 aromatic carbocycles. The Labute approximate surface area is 179 Å². The normalized spacial score (nSPS) is 12.9. The van der Waals surface area contributed by atoms with E-state index in [1.54, 1.807) is 0 Å². The van der Waals surface area contributed by atoms with Crippen LogP contribution in [0.25, 0.3) is 27.2 Å². The van der Waals surface area contributed by atoms with Crippen LogP contribution in [0.15, 0.2) is 109 Å². The summed E-state index contributed by atoms with van der Waals surface area (Å²) < 4.78 is 0. The van der Waals surface area contributed by atoms with Gasteiger partial charge in [0.2, 0.25) is 0 Å². The van der Waals surface area contributed by atoms with Gasteiger partial charge in [0.05, 0.1) is 11.2 Å². The number of fused-ring (bicyclic) bond motifs is 2. The summed E-state index contributed by atoms with van der Waals surface area (Å²) in [5, 5.41) is 3.75. The minimum absolute atomic E-state index is 0.843. The van der Waals surface area contributed by atoms with Gasteiger partial charge < -0.3 is 0 Å². The van der Waals surface area contributed by atoms with Gasteiger partial charge in [0.15, 0.2) is 0 Å². The third-order valence-corrected chi connectivity index (χ3v) is 5.48.